The molecule has 0 radical (unpaired) electrons. The quantitative estimate of drug-likeness (QED) is 0.790. The fourth-order valence-corrected chi connectivity index (χ4v) is 3.22. The summed E-state index contributed by atoms with van der Waals surface area (Å²) < 4.78 is 6.86. The molecule has 3 nitrogen and oxygen atoms in total. The molecule has 1 aromatic rings. The van der Waals surface area contributed by atoms with E-state index in [1.807, 2.05) is 33.0 Å². The summed E-state index contributed by atoms with van der Waals surface area (Å²) in [5.41, 5.74) is 4.47. The Bertz CT molecular complexity index is 688. The molecule has 2 aliphatic rings. The monoisotopic (exact) mass is 361 g/mol. The van der Waals surface area contributed by atoms with Crippen LogP contribution >= 0.6 is 15.9 Å². The molecule has 0 bridgehead atoms. The molecule has 0 unspecified atom stereocenters. The summed E-state index contributed by atoms with van der Waals surface area (Å²) in [4.78, 5) is 14.4. The van der Waals surface area contributed by atoms with Crippen molar-refractivity contribution in [3.8, 4) is 5.75 Å². The van der Waals surface area contributed by atoms with Crippen molar-refractivity contribution in [1.29, 1.82) is 0 Å². The van der Waals surface area contributed by atoms with Crippen LogP contribution in [0.15, 0.2) is 39.9 Å². The van der Waals surface area contributed by atoms with Crippen molar-refractivity contribution in [3.63, 3.8) is 0 Å². The van der Waals surface area contributed by atoms with E-state index in [2.05, 4.69) is 28.1 Å². The average molecular weight is 362 g/mol. The second kappa shape index (κ2) is 5.92. The van der Waals surface area contributed by atoms with Crippen LogP contribution in [0.25, 0.3) is 5.57 Å². The molecule has 1 aliphatic carbocycles. The Balaban J connectivity index is 1.91. The van der Waals surface area contributed by atoms with Crippen molar-refractivity contribution in [3.05, 3.63) is 45.5 Å². The smallest absolute Gasteiger partial charge is 0.250 e. The number of fused-ring (bicyclic) bond motifs is 2. The predicted molar refractivity (Wildman–Crippen MR) is 91.8 cm³/mol. The van der Waals surface area contributed by atoms with Crippen LogP contribution in [-0.2, 0) is 4.79 Å². The van der Waals surface area contributed by atoms with Crippen LogP contribution in [0.4, 0.5) is 0 Å². The zero-order chi connectivity index (χ0) is 15.9. The summed E-state index contributed by atoms with van der Waals surface area (Å²) in [5.74, 6) is 1.03. The molecular formula is C18H20BrNO2. The van der Waals surface area contributed by atoms with Gasteiger partial charge in [-0.1, -0.05) is 15.9 Å². The zero-order valence-corrected chi connectivity index (χ0v) is 14.7. The first kappa shape index (κ1) is 15.3. The highest BCUT2D eigenvalue weighted by Gasteiger charge is 2.27. The molecule has 3 rings (SSSR count). The van der Waals surface area contributed by atoms with Gasteiger partial charge in [-0.15, -0.1) is 0 Å². The molecule has 1 heterocycles. The van der Waals surface area contributed by atoms with Gasteiger partial charge in [-0.25, -0.2) is 0 Å². The summed E-state index contributed by atoms with van der Waals surface area (Å²) in [6, 6.07) is 6.32. The highest BCUT2D eigenvalue weighted by molar-refractivity contribution is 9.10. The van der Waals surface area contributed by atoms with E-state index in [1.54, 1.807) is 4.90 Å². The van der Waals surface area contributed by atoms with Gasteiger partial charge in [0.25, 0.3) is 0 Å². The molecular weight excluding hydrogens is 342 g/mol. The number of allylic oxidation sites excluding steroid dienone is 2. The van der Waals surface area contributed by atoms with Crippen molar-refractivity contribution >= 4 is 27.4 Å². The molecule has 0 saturated heterocycles. The van der Waals surface area contributed by atoms with Crippen molar-refractivity contribution in [1.82, 2.24) is 4.90 Å². The lowest BCUT2D eigenvalue weighted by atomic mass is 9.99. The van der Waals surface area contributed by atoms with Crippen LogP contribution in [0, 0.1) is 0 Å². The Morgan fingerprint density at radius 1 is 1.36 bits per heavy atom. The van der Waals surface area contributed by atoms with Crippen LogP contribution in [0.3, 0.4) is 0 Å². The minimum Gasteiger partial charge on any atom is -0.493 e. The molecule has 1 aromatic carbocycles. The second-order valence-electron chi connectivity index (χ2n) is 6.10. The molecule has 0 aromatic heterocycles. The van der Waals surface area contributed by atoms with Crippen molar-refractivity contribution < 1.29 is 9.53 Å². The summed E-state index contributed by atoms with van der Waals surface area (Å²) in [7, 11) is 1.87. The van der Waals surface area contributed by atoms with Crippen LogP contribution < -0.4 is 4.74 Å². The van der Waals surface area contributed by atoms with E-state index in [4.69, 9.17) is 4.74 Å². The van der Waals surface area contributed by atoms with E-state index >= 15 is 0 Å². The zero-order valence-electron chi connectivity index (χ0n) is 13.1. The lowest BCUT2D eigenvalue weighted by molar-refractivity contribution is -0.127. The SMILES string of the molecule is CC(C)N(C)C(=O)C1=CC2=C(C1)c1ccc(Br)cc1OCC2. The maximum absolute atomic E-state index is 12.6. The van der Waals surface area contributed by atoms with Gasteiger partial charge in [-0.2, -0.15) is 0 Å². The predicted octanol–water partition coefficient (Wildman–Crippen LogP) is 4.18. The molecule has 116 valence electrons. The highest BCUT2D eigenvalue weighted by atomic mass is 79.9. The van der Waals surface area contributed by atoms with Gasteiger partial charge in [0.15, 0.2) is 0 Å². The first-order valence-electron chi connectivity index (χ1n) is 7.60. The molecule has 0 atom stereocenters. The molecule has 22 heavy (non-hydrogen) atoms. The fourth-order valence-electron chi connectivity index (χ4n) is 2.88. The Labute approximate surface area is 139 Å². The maximum atomic E-state index is 12.6. The number of carbonyl (C=O) groups excluding carboxylic acids is 1. The minimum absolute atomic E-state index is 0.127. The molecule has 1 aliphatic heterocycles. The third-order valence-corrected chi connectivity index (χ3v) is 4.86. The van der Waals surface area contributed by atoms with Crippen LogP contribution in [-0.4, -0.2) is 30.5 Å². The standard InChI is InChI=1S/C18H20BrNO2/c1-11(2)20(3)18(21)13-8-12-6-7-22-17-10-14(19)4-5-15(17)16(12)9-13/h4-5,8,10-11H,6-7,9H2,1-3H3. The Morgan fingerprint density at radius 2 is 2.14 bits per heavy atom. The lowest BCUT2D eigenvalue weighted by Gasteiger charge is -2.22. The van der Waals surface area contributed by atoms with Gasteiger partial charge in [0.05, 0.1) is 6.61 Å². The number of likely N-dealkylation sites (N-methyl/N-ethyl adjacent to an activating group) is 1. The number of carbonyl (C=O) groups is 1. The lowest BCUT2D eigenvalue weighted by Crippen LogP contribution is -2.33. The molecule has 1 amide bonds. The maximum Gasteiger partial charge on any atom is 0.250 e. The number of nitrogens with zero attached hydrogens (tertiary/aromatic N) is 1. The van der Waals surface area contributed by atoms with E-state index in [1.165, 1.54) is 11.1 Å². The van der Waals surface area contributed by atoms with E-state index in [-0.39, 0.29) is 11.9 Å². The van der Waals surface area contributed by atoms with E-state index in [9.17, 15) is 4.79 Å². The van der Waals surface area contributed by atoms with Crippen molar-refractivity contribution in [2.45, 2.75) is 32.7 Å². The molecule has 0 spiro atoms. The summed E-state index contributed by atoms with van der Waals surface area (Å²) in [6.07, 6.45) is 3.62. The minimum atomic E-state index is 0.127. The first-order valence-corrected chi connectivity index (χ1v) is 8.39. The number of amides is 1. The third kappa shape index (κ3) is 2.72. The van der Waals surface area contributed by atoms with E-state index in [0.29, 0.717) is 13.0 Å². The molecule has 0 fully saturated rings. The molecule has 4 heteroatoms. The topological polar surface area (TPSA) is 29.5 Å². The van der Waals surface area contributed by atoms with Crippen LogP contribution in [0.1, 0.15) is 32.3 Å². The number of ether oxygens (including phenoxy) is 1. The van der Waals surface area contributed by atoms with E-state index < -0.39 is 0 Å². The second-order valence-corrected chi connectivity index (χ2v) is 7.01. The number of hydrogen-bond donors (Lipinski definition) is 0. The largest absolute Gasteiger partial charge is 0.493 e. The Morgan fingerprint density at radius 3 is 2.86 bits per heavy atom. The fraction of sp³-hybridized carbons (Fsp3) is 0.389. The molecule has 0 N–H and O–H groups in total. The van der Waals surface area contributed by atoms with Gasteiger partial charge in [-0.05, 0) is 49.3 Å². The Hall–Kier alpha value is -1.55. The first-order chi connectivity index (χ1) is 10.5. The van der Waals surface area contributed by atoms with Gasteiger partial charge >= 0.3 is 0 Å². The summed E-state index contributed by atoms with van der Waals surface area (Å²) in [5, 5.41) is 0. The number of halogens is 1. The number of hydrogen-bond acceptors (Lipinski definition) is 2. The molecule has 0 saturated carbocycles. The summed E-state index contributed by atoms with van der Waals surface area (Å²) in [6.45, 7) is 4.72. The number of benzene rings is 1. The third-order valence-electron chi connectivity index (χ3n) is 4.37. The van der Waals surface area contributed by atoms with Crippen LogP contribution in [0.2, 0.25) is 0 Å². The van der Waals surface area contributed by atoms with Crippen molar-refractivity contribution in [2.24, 2.45) is 0 Å². The van der Waals surface area contributed by atoms with E-state index in [0.717, 1.165) is 27.8 Å². The Kier molecular flexibility index (Phi) is 4.13. The van der Waals surface area contributed by atoms with Gasteiger partial charge in [0, 0.05) is 41.5 Å². The van der Waals surface area contributed by atoms with Gasteiger partial charge in [0.2, 0.25) is 5.91 Å². The number of rotatable bonds is 2. The van der Waals surface area contributed by atoms with Crippen molar-refractivity contribution in [2.75, 3.05) is 13.7 Å². The normalized spacial score (nSPS) is 16.7. The van der Waals surface area contributed by atoms with Gasteiger partial charge in [0.1, 0.15) is 5.75 Å². The highest BCUT2D eigenvalue weighted by Crippen LogP contribution is 2.42. The van der Waals surface area contributed by atoms with Gasteiger partial charge < -0.3 is 9.64 Å². The summed E-state index contributed by atoms with van der Waals surface area (Å²) >= 11 is 3.49. The van der Waals surface area contributed by atoms with Crippen LogP contribution in [0.5, 0.6) is 5.75 Å². The average Bonchev–Trinajstić information content (AvgIpc) is 2.82. The van der Waals surface area contributed by atoms with Gasteiger partial charge in [-0.3, -0.25) is 4.79 Å².